The number of hydrogen-bond acceptors (Lipinski definition) is 4. The van der Waals surface area contributed by atoms with Gasteiger partial charge in [-0.2, -0.15) is 0 Å². The first kappa shape index (κ1) is 11.6. The number of aromatic carboxylic acids is 1. The van der Waals surface area contributed by atoms with Crippen LogP contribution in [-0.2, 0) is 4.74 Å². The number of ether oxygens (including phenoxy) is 1. The minimum atomic E-state index is -1.14. The molecule has 0 aromatic heterocycles. The third kappa shape index (κ3) is 2.50. The highest BCUT2D eigenvalue weighted by atomic mass is 32.2. The topological polar surface area (TPSA) is 63.6 Å². The Labute approximate surface area is 91.2 Å². The molecule has 0 amide bonds. The summed E-state index contributed by atoms with van der Waals surface area (Å²) in [7, 11) is 1.22. The van der Waals surface area contributed by atoms with Gasteiger partial charge in [0.1, 0.15) is 0 Å². The molecule has 15 heavy (non-hydrogen) atoms. The molecule has 0 spiro atoms. The highest BCUT2D eigenvalue weighted by Gasteiger charge is 2.17. The summed E-state index contributed by atoms with van der Waals surface area (Å²) in [6.07, 6.45) is 1.84. The molecule has 0 aliphatic rings. The van der Waals surface area contributed by atoms with Crippen LogP contribution in [0.15, 0.2) is 23.1 Å². The monoisotopic (exact) mass is 226 g/mol. The molecule has 80 valence electrons. The van der Waals surface area contributed by atoms with Gasteiger partial charge in [-0.15, -0.1) is 11.8 Å². The van der Waals surface area contributed by atoms with E-state index in [0.717, 1.165) is 4.90 Å². The lowest BCUT2D eigenvalue weighted by atomic mass is 10.1. The number of carbonyl (C=O) groups excluding carboxylic acids is 1. The number of esters is 1. The Morgan fingerprint density at radius 1 is 1.33 bits per heavy atom. The van der Waals surface area contributed by atoms with Crippen LogP contribution in [0.25, 0.3) is 0 Å². The van der Waals surface area contributed by atoms with E-state index in [1.807, 2.05) is 6.26 Å². The summed E-state index contributed by atoms with van der Waals surface area (Å²) in [6.45, 7) is 0. The smallest absolute Gasteiger partial charge is 0.338 e. The highest BCUT2D eigenvalue weighted by Crippen LogP contribution is 2.20. The van der Waals surface area contributed by atoms with E-state index in [1.54, 1.807) is 6.07 Å². The van der Waals surface area contributed by atoms with Crippen molar-refractivity contribution in [2.75, 3.05) is 13.4 Å². The Morgan fingerprint density at radius 3 is 2.47 bits per heavy atom. The number of rotatable bonds is 3. The molecule has 0 heterocycles. The first-order valence-electron chi connectivity index (χ1n) is 4.09. The van der Waals surface area contributed by atoms with E-state index in [2.05, 4.69) is 4.74 Å². The third-order valence-corrected chi connectivity index (χ3v) is 2.59. The van der Waals surface area contributed by atoms with Gasteiger partial charge in [0.05, 0.1) is 18.2 Å². The molecule has 0 atom stereocenters. The number of hydrogen-bond donors (Lipinski definition) is 1. The zero-order valence-corrected chi connectivity index (χ0v) is 9.13. The van der Waals surface area contributed by atoms with Crippen LogP contribution in [0.3, 0.4) is 0 Å². The molecule has 0 bridgehead atoms. The molecule has 4 nitrogen and oxygen atoms in total. The summed E-state index contributed by atoms with van der Waals surface area (Å²) in [5.74, 6) is -1.77. The molecule has 0 radical (unpaired) electrons. The van der Waals surface area contributed by atoms with Crippen molar-refractivity contribution in [1.82, 2.24) is 0 Å². The number of methoxy groups -OCH3 is 1. The van der Waals surface area contributed by atoms with Gasteiger partial charge in [0.15, 0.2) is 0 Å². The van der Waals surface area contributed by atoms with Crippen molar-refractivity contribution in [2.45, 2.75) is 4.90 Å². The van der Waals surface area contributed by atoms with Crippen molar-refractivity contribution in [3.63, 3.8) is 0 Å². The minimum Gasteiger partial charge on any atom is -0.478 e. The maximum absolute atomic E-state index is 11.3. The van der Waals surface area contributed by atoms with Gasteiger partial charge in [-0.1, -0.05) is 0 Å². The maximum atomic E-state index is 11.3. The lowest BCUT2D eigenvalue weighted by Gasteiger charge is -2.05. The van der Waals surface area contributed by atoms with E-state index < -0.39 is 11.9 Å². The first-order chi connectivity index (χ1) is 7.10. The fraction of sp³-hybridized carbons (Fsp3) is 0.200. The Bertz CT molecular complexity index is 400. The SMILES string of the molecule is COC(=O)c1cc(SC)ccc1C(=O)O. The van der Waals surface area contributed by atoms with Gasteiger partial charge in [-0.3, -0.25) is 0 Å². The van der Waals surface area contributed by atoms with Gasteiger partial charge >= 0.3 is 11.9 Å². The lowest BCUT2D eigenvalue weighted by Crippen LogP contribution is -2.10. The van der Waals surface area contributed by atoms with Crippen molar-refractivity contribution in [1.29, 1.82) is 0 Å². The summed E-state index contributed by atoms with van der Waals surface area (Å²) in [4.78, 5) is 23.0. The van der Waals surface area contributed by atoms with Crippen molar-refractivity contribution in [2.24, 2.45) is 0 Å². The number of thioether (sulfide) groups is 1. The van der Waals surface area contributed by atoms with E-state index in [9.17, 15) is 9.59 Å². The lowest BCUT2D eigenvalue weighted by molar-refractivity contribution is 0.0582. The normalized spacial score (nSPS) is 9.73. The van der Waals surface area contributed by atoms with Crippen LogP contribution in [0.1, 0.15) is 20.7 Å². The minimum absolute atomic E-state index is 0.0420. The quantitative estimate of drug-likeness (QED) is 0.630. The van der Waals surface area contributed by atoms with Gasteiger partial charge in [0.25, 0.3) is 0 Å². The van der Waals surface area contributed by atoms with Crippen LogP contribution in [-0.4, -0.2) is 30.4 Å². The summed E-state index contributed by atoms with van der Waals surface area (Å²) in [6, 6.07) is 4.57. The van der Waals surface area contributed by atoms with E-state index in [4.69, 9.17) is 5.11 Å². The van der Waals surface area contributed by atoms with Gasteiger partial charge in [-0.05, 0) is 24.5 Å². The molecule has 1 N–H and O–H groups in total. The van der Waals surface area contributed by atoms with Crippen molar-refractivity contribution in [3.8, 4) is 0 Å². The molecule has 0 unspecified atom stereocenters. The van der Waals surface area contributed by atoms with Crippen molar-refractivity contribution in [3.05, 3.63) is 29.3 Å². The molecule has 1 aromatic rings. The van der Waals surface area contributed by atoms with Gasteiger partial charge in [0.2, 0.25) is 0 Å². The van der Waals surface area contributed by atoms with Crippen LogP contribution in [0.5, 0.6) is 0 Å². The molecule has 5 heteroatoms. The number of carboxylic acids is 1. The maximum Gasteiger partial charge on any atom is 0.338 e. The van der Waals surface area contributed by atoms with Gasteiger partial charge < -0.3 is 9.84 Å². The average Bonchev–Trinajstić information content (AvgIpc) is 2.26. The van der Waals surface area contributed by atoms with Crippen molar-refractivity contribution < 1.29 is 19.4 Å². The van der Waals surface area contributed by atoms with Gasteiger partial charge in [-0.25, -0.2) is 9.59 Å². The van der Waals surface area contributed by atoms with Crippen LogP contribution >= 0.6 is 11.8 Å². The Morgan fingerprint density at radius 2 is 2.00 bits per heavy atom. The van der Waals surface area contributed by atoms with Crippen LogP contribution in [0.2, 0.25) is 0 Å². The fourth-order valence-corrected chi connectivity index (χ4v) is 1.56. The summed E-state index contributed by atoms with van der Waals surface area (Å²) >= 11 is 1.43. The molecule has 1 rings (SSSR count). The Hall–Kier alpha value is -1.49. The second kappa shape index (κ2) is 4.84. The molecule has 0 aliphatic heterocycles. The van der Waals surface area contributed by atoms with Gasteiger partial charge in [0, 0.05) is 4.90 Å². The molecule has 0 saturated carbocycles. The molecular formula is C10H10O4S. The molecular weight excluding hydrogens is 216 g/mol. The zero-order valence-electron chi connectivity index (χ0n) is 8.31. The van der Waals surface area contributed by atoms with E-state index in [-0.39, 0.29) is 11.1 Å². The van der Waals surface area contributed by atoms with E-state index in [1.165, 1.54) is 31.0 Å². The van der Waals surface area contributed by atoms with Crippen molar-refractivity contribution >= 4 is 23.7 Å². The number of benzene rings is 1. The largest absolute Gasteiger partial charge is 0.478 e. The Balaban J connectivity index is 3.28. The Kier molecular flexibility index (Phi) is 3.74. The predicted molar refractivity (Wildman–Crippen MR) is 56.5 cm³/mol. The summed E-state index contributed by atoms with van der Waals surface area (Å²) in [5, 5.41) is 8.86. The number of carbonyl (C=O) groups is 2. The summed E-state index contributed by atoms with van der Waals surface area (Å²) in [5.41, 5.74) is 0.0384. The van der Waals surface area contributed by atoms with Crippen LogP contribution < -0.4 is 0 Å². The molecule has 0 aliphatic carbocycles. The predicted octanol–water partition coefficient (Wildman–Crippen LogP) is 1.89. The second-order valence-corrected chi connectivity index (χ2v) is 3.59. The van der Waals surface area contributed by atoms with E-state index >= 15 is 0 Å². The number of carboxylic acid groups (broad SMARTS) is 1. The fourth-order valence-electron chi connectivity index (χ4n) is 1.12. The zero-order chi connectivity index (χ0) is 11.4. The summed E-state index contributed by atoms with van der Waals surface area (Å²) < 4.78 is 4.52. The highest BCUT2D eigenvalue weighted by molar-refractivity contribution is 7.98. The van der Waals surface area contributed by atoms with Crippen LogP contribution in [0.4, 0.5) is 0 Å². The molecule has 1 aromatic carbocycles. The molecule has 0 saturated heterocycles. The van der Waals surface area contributed by atoms with Crippen LogP contribution in [0, 0.1) is 0 Å². The third-order valence-electron chi connectivity index (χ3n) is 1.86. The second-order valence-electron chi connectivity index (χ2n) is 2.71. The average molecular weight is 226 g/mol. The first-order valence-corrected chi connectivity index (χ1v) is 5.32. The molecule has 0 fully saturated rings. The standard InChI is InChI=1S/C10H10O4S/c1-14-10(13)8-5-6(15-2)3-4-7(8)9(11)12/h3-5H,1-2H3,(H,11,12). The van der Waals surface area contributed by atoms with E-state index in [0.29, 0.717) is 0 Å².